The van der Waals surface area contributed by atoms with E-state index in [-0.39, 0.29) is 18.3 Å². The van der Waals surface area contributed by atoms with Crippen LogP contribution in [0.5, 0.6) is 0 Å². The topological polar surface area (TPSA) is 40.6 Å². The summed E-state index contributed by atoms with van der Waals surface area (Å²) < 4.78 is 18.4. The first kappa shape index (κ1) is 18.8. The van der Waals surface area contributed by atoms with Crippen molar-refractivity contribution in [3.63, 3.8) is 0 Å². The third-order valence-corrected chi connectivity index (χ3v) is 4.92. The molecule has 1 aliphatic rings. The maximum Gasteiger partial charge on any atom is 0.108 e. The fourth-order valence-electron chi connectivity index (χ4n) is 3.44. The zero-order valence-electron chi connectivity index (χ0n) is 15.8. The summed E-state index contributed by atoms with van der Waals surface area (Å²) in [6.45, 7) is 1.64. The molecule has 0 bridgehead atoms. The van der Waals surface area contributed by atoms with E-state index in [1.165, 1.54) is 0 Å². The van der Waals surface area contributed by atoms with Crippen molar-refractivity contribution in [2.45, 2.75) is 37.9 Å². The van der Waals surface area contributed by atoms with Crippen LogP contribution < -0.4 is 0 Å². The van der Waals surface area contributed by atoms with Crippen molar-refractivity contribution in [1.29, 1.82) is 0 Å². The number of hydrogen-bond donors (Lipinski definition) is 0. The molecule has 144 valence electrons. The van der Waals surface area contributed by atoms with Gasteiger partial charge in [0, 0.05) is 12.6 Å². The Balaban J connectivity index is 1.38. The van der Waals surface area contributed by atoms with E-state index in [9.17, 15) is 0 Å². The molecule has 0 aliphatic carbocycles. The molecule has 2 heterocycles. The Bertz CT molecular complexity index is 826. The third-order valence-electron chi connectivity index (χ3n) is 4.92. The molecule has 1 aliphatic heterocycles. The maximum absolute atomic E-state index is 6.27. The Morgan fingerprint density at radius 1 is 0.821 bits per heavy atom. The lowest BCUT2D eigenvalue weighted by Gasteiger charge is -2.19. The first-order valence-corrected chi connectivity index (χ1v) is 9.72. The van der Waals surface area contributed by atoms with Gasteiger partial charge in [-0.2, -0.15) is 0 Å². The SMILES string of the molecule is c1ccc(COC[C@H]2O[C@H](c3ccccn3)C[C@@H]2OCc2ccccc2)cc1. The molecular weight excluding hydrogens is 350 g/mol. The van der Waals surface area contributed by atoms with Crippen LogP contribution in [0.3, 0.4) is 0 Å². The van der Waals surface area contributed by atoms with Gasteiger partial charge in [-0.3, -0.25) is 4.98 Å². The summed E-state index contributed by atoms with van der Waals surface area (Å²) in [5.41, 5.74) is 3.26. The van der Waals surface area contributed by atoms with Gasteiger partial charge >= 0.3 is 0 Å². The first-order valence-electron chi connectivity index (χ1n) is 9.72. The smallest absolute Gasteiger partial charge is 0.108 e. The molecule has 2 aromatic carbocycles. The summed E-state index contributed by atoms with van der Waals surface area (Å²) in [7, 11) is 0. The van der Waals surface area contributed by atoms with E-state index in [4.69, 9.17) is 14.2 Å². The first-order chi connectivity index (χ1) is 13.9. The minimum Gasteiger partial charge on any atom is -0.374 e. The van der Waals surface area contributed by atoms with Crippen LogP contribution in [0.2, 0.25) is 0 Å². The maximum atomic E-state index is 6.27. The Kier molecular flexibility index (Phi) is 6.45. The quantitative estimate of drug-likeness (QED) is 0.571. The zero-order chi connectivity index (χ0) is 19.0. The third kappa shape index (κ3) is 5.04. The molecule has 3 aromatic rings. The molecular formula is C24H25NO3. The highest BCUT2D eigenvalue weighted by atomic mass is 16.6. The Morgan fingerprint density at radius 2 is 1.50 bits per heavy atom. The molecule has 1 saturated heterocycles. The fraction of sp³-hybridized carbons (Fsp3) is 0.292. The van der Waals surface area contributed by atoms with Crippen LogP contribution in [0.15, 0.2) is 85.1 Å². The van der Waals surface area contributed by atoms with Gasteiger partial charge in [0.1, 0.15) is 12.2 Å². The lowest BCUT2D eigenvalue weighted by Crippen LogP contribution is -2.29. The van der Waals surface area contributed by atoms with Crippen LogP contribution in [-0.4, -0.2) is 23.8 Å². The van der Waals surface area contributed by atoms with Crippen molar-refractivity contribution in [1.82, 2.24) is 4.98 Å². The van der Waals surface area contributed by atoms with Crippen LogP contribution in [0, 0.1) is 0 Å². The van der Waals surface area contributed by atoms with E-state index in [1.807, 2.05) is 54.6 Å². The van der Waals surface area contributed by atoms with Crippen LogP contribution in [0.25, 0.3) is 0 Å². The second kappa shape index (κ2) is 9.60. The van der Waals surface area contributed by atoms with E-state index in [2.05, 4.69) is 29.2 Å². The summed E-state index contributed by atoms with van der Waals surface area (Å²) in [5, 5.41) is 0. The molecule has 0 spiro atoms. The van der Waals surface area contributed by atoms with E-state index < -0.39 is 0 Å². The Hall–Kier alpha value is -2.53. The largest absolute Gasteiger partial charge is 0.374 e. The van der Waals surface area contributed by atoms with E-state index >= 15 is 0 Å². The van der Waals surface area contributed by atoms with Gasteiger partial charge in [-0.1, -0.05) is 66.7 Å². The fourth-order valence-corrected chi connectivity index (χ4v) is 3.44. The van der Waals surface area contributed by atoms with E-state index in [0.717, 1.165) is 23.2 Å². The molecule has 4 nitrogen and oxygen atoms in total. The van der Waals surface area contributed by atoms with Crippen molar-refractivity contribution in [2.24, 2.45) is 0 Å². The van der Waals surface area contributed by atoms with Crippen LogP contribution in [0.4, 0.5) is 0 Å². The molecule has 0 radical (unpaired) electrons. The van der Waals surface area contributed by atoms with Gasteiger partial charge in [-0.15, -0.1) is 0 Å². The minimum absolute atomic E-state index is 0.0250. The van der Waals surface area contributed by atoms with Crippen molar-refractivity contribution in [3.8, 4) is 0 Å². The standard InChI is InChI=1S/C24H25NO3/c1-3-9-19(10-4-1)16-26-18-24-23(27-17-20-11-5-2-6-12-20)15-22(28-24)21-13-7-8-14-25-21/h1-14,22-24H,15-18H2/t22-,23-,24+/m0/s1. The van der Waals surface area contributed by atoms with Gasteiger partial charge in [-0.25, -0.2) is 0 Å². The monoisotopic (exact) mass is 375 g/mol. The number of hydrogen-bond acceptors (Lipinski definition) is 4. The molecule has 0 unspecified atom stereocenters. The highest BCUT2D eigenvalue weighted by molar-refractivity contribution is 5.15. The second-order valence-electron chi connectivity index (χ2n) is 6.99. The van der Waals surface area contributed by atoms with Crippen molar-refractivity contribution < 1.29 is 14.2 Å². The lowest BCUT2D eigenvalue weighted by atomic mass is 10.1. The minimum atomic E-state index is -0.112. The molecule has 1 aromatic heterocycles. The number of rotatable bonds is 8. The number of pyridine rings is 1. The molecule has 28 heavy (non-hydrogen) atoms. The van der Waals surface area contributed by atoms with Crippen molar-refractivity contribution >= 4 is 0 Å². The molecule has 0 amide bonds. The Morgan fingerprint density at radius 3 is 2.18 bits per heavy atom. The van der Waals surface area contributed by atoms with Crippen LogP contribution >= 0.6 is 0 Å². The molecule has 4 rings (SSSR count). The average Bonchev–Trinajstić information content (AvgIpc) is 3.17. The summed E-state index contributed by atoms with van der Waals surface area (Å²) >= 11 is 0. The van der Waals surface area contributed by atoms with Crippen molar-refractivity contribution in [2.75, 3.05) is 6.61 Å². The summed E-state index contributed by atoms with van der Waals surface area (Å²) in [6, 6.07) is 26.3. The highest BCUT2D eigenvalue weighted by Crippen LogP contribution is 2.34. The average molecular weight is 375 g/mol. The van der Waals surface area contributed by atoms with Gasteiger partial charge in [0.2, 0.25) is 0 Å². The zero-order valence-corrected chi connectivity index (χ0v) is 15.8. The van der Waals surface area contributed by atoms with Gasteiger partial charge < -0.3 is 14.2 Å². The Labute approximate surface area is 166 Å². The normalized spacial score (nSPS) is 21.6. The summed E-state index contributed by atoms with van der Waals surface area (Å²) in [6.07, 6.45) is 2.38. The number of benzene rings is 2. The van der Waals surface area contributed by atoms with Gasteiger partial charge in [0.25, 0.3) is 0 Å². The lowest BCUT2D eigenvalue weighted by molar-refractivity contribution is -0.0720. The van der Waals surface area contributed by atoms with Gasteiger partial charge in [0.05, 0.1) is 31.6 Å². The van der Waals surface area contributed by atoms with E-state index in [1.54, 1.807) is 6.20 Å². The van der Waals surface area contributed by atoms with E-state index in [0.29, 0.717) is 19.8 Å². The van der Waals surface area contributed by atoms with Crippen molar-refractivity contribution in [3.05, 3.63) is 102 Å². The van der Waals surface area contributed by atoms with Gasteiger partial charge in [0.15, 0.2) is 0 Å². The number of nitrogens with zero attached hydrogens (tertiary/aromatic N) is 1. The predicted molar refractivity (Wildman–Crippen MR) is 108 cm³/mol. The molecule has 3 atom stereocenters. The van der Waals surface area contributed by atoms with Crippen LogP contribution in [0.1, 0.15) is 29.3 Å². The second-order valence-corrected chi connectivity index (χ2v) is 6.99. The summed E-state index contributed by atoms with van der Waals surface area (Å²) in [5.74, 6) is 0. The molecule has 4 heteroatoms. The number of ether oxygens (including phenoxy) is 3. The summed E-state index contributed by atoms with van der Waals surface area (Å²) in [4.78, 5) is 4.45. The highest BCUT2D eigenvalue weighted by Gasteiger charge is 2.37. The number of aromatic nitrogens is 1. The predicted octanol–water partition coefficient (Wildman–Crippen LogP) is 4.71. The molecule has 0 N–H and O–H groups in total. The van der Waals surface area contributed by atoms with Crippen LogP contribution in [-0.2, 0) is 27.4 Å². The van der Waals surface area contributed by atoms with Gasteiger partial charge in [-0.05, 0) is 23.3 Å². The molecule has 0 saturated carbocycles. The molecule has 1 fully saturated rings.